The van der Waals surface area contributed by atoms with Gasteiger partial charge in [-0.15, -0.1) is 0 Å². The maximum Gasteiger partial charge on any atom is 0.130 e. The van der Waals surface area contributed by atoms with Crippen LogP contribution in [-0.4, -0.2) is 10.8 Å². The van der Waals surface area contributed by atoms with Gasteiger partial charge in [-0.3, -0.25) is 4.98 Å². The van der Waals surface area contributed by atoms with Gasteiger partial charge >= 0.3 is 0 Å². The van der Waals surface area contributed by atoms with Crippen LogP contribution in [0.15, 0.2) is 175 Å². The van der Waals surface area contributed by atoms with Crippen molar-refractivity contribution in [3.63, 3.8) is 0 Å². The van der Waals surface area contributed by atoms with Gasteiger partial charge in [0.15, 0.2) is 0 Å². The maximum absolute atomic E-state index is 5.38. The monoisotopic (exact) mass is 753 g/mol. The molecule has 1 N–H and O–H groups in total. The van der Waals surface area contributed by atoms with Crippen molar-refractivity contribution in [1.29, 1.82) is 0 Å². The molecule has 58 heavy (non-hydrogen) atoms. The Labute approximate surface area is 344 Å². The number of aliphatic imine (C=N–C) groups is 1. The molecule has 0 spiro atoms. The first kappa shape index (κ1) is 37.3. The van der Waals surface area contributed by atoms with Gasteiger partial charge in [-0.1, -0.05) is 152 Å². The maximum atomic E-state index is 5.38. The van der Waals surface area contributed by atoms with E-state index in [0.717, 1.165) is 90.7 Å². The van der Waals surface area contributed by atoms with Gasteiger partial charge in [0.05, 0.1) is 11.7 Å². The topological polar surface area (TPSA) is 37.3 Å². The standard InChI is InChI=1S/C55H51N3/c1-3-38-36-56-37-52(49(38)4-2)47-21-14-22-48(34-47)54-35-53(43-29-25-40(26-30-43)39-15-7-5-8-16-39)57-55(58-54)44-31-27-41(28-32-44)45-19-13-20-46(33-45)51-24-12-11-23-50(51)42-17-9-6-10-18-42/h3-4,7,9,11-12,14-18,20-27,29-31,34-37,45,53H,1-2,5-6,8,10,13,19,28,32-33H2,(H,57,58). The summed E-state index contributed by atoms with van der Waals surface area (Å²) in [6.07, 6.45) is 40.8. The SMILES string of the molecule is C=Cc1cncc(-c2cccc(C3=CC(c4ccc(C5=CCCC=C5)cc4)NC(C4=CC=C(C5CCC=C(c6ccccc6C6=CCCC=C6)C5)CC4)=N3)c2)c1C=C. The fourth-order valence-electron chi connectivity index (χ4n) is 9.17. The number of allylic oxidation sites excluding steroid dienone is 13. The van der Waals surface area contributed by atoms with Gasteiger partial charge in [0, 0.05) is 29.1 Å². The van der Waals surface area contributed by atoms with Gasteiger partial charge in [-0.25, -0.2) is 4.99 Å². The third-order valence-corrected chi connectivity index (χ3v) is 12.3. The first-order chi connectivity index (χ1) is 28.6. The van der Waals surface area contributed by atoms with Crippen molar-refractivity contribution < 1.29 is 0 Å². The summed E-state index contributed by atoms with van der Waals surface area (Å²) in [4.78, 5) is 9.91. The van der Waals surface area contributed by atoms with E-state index in [2.05, 4.69) is 157 Å². The Balaban J connectivity index is 1.02. The number of benzene rings is 3. The molecule has 4 aliphatic carbocycles. The molecule has 286 valence electrons. The second kappa shape index (κ2) is 17.0. The number of aromatic nitrogens is 1. The molecule has 2 unspecified atom stereocenters. The molecule has 3 aromatic carbocycles. The lowest BCUT2D eigenvalue weighted by Gasteiger charge is -2.30. The second-order valence-corrected chi connectivity index (χ2v) is 15.9. The second-order valence-electron chi connectivity index (χ2n) is 15.9. The molecule has 4 aromatic rings. The van der Waals surface area contributed by atoms with E-state index in [4.69, 9.17) is 4.99 Å². The fourth-order valence-corrected chi connectivity index (χ4v) is 9.17. The largest absolute Gasteiger partial charge is 0.359 e. The van der Waals surface area contributed by atoms with Crippen molar-refractivity contribution in [3.8, 4) is 11.1 Å². The molecule has 2 atom stereocenters. The molecule has 0 amide bonds. The van der Waals surface area contributed by atoms with Crippen LogP contribution >= 0.6 is 0 Å². The molecular formula is C55H51N3. The molecule has 1 aromatic heterocycles. The lowest BCUT2D eigenvalue weighted by atomic mass is 9.77. The smallest absolute Gasteiger partial charge is 0.130 e. The highest BCUT2D eigenvalue weighted by molar-refractivity contribution is 6.03. The van der Waals surface area contributed by atoms with Crippen LogP contribution in [0.1, 0.15) is 103 Å². The number of hydrogen-bond acceptors (Lipinski definition) is 3. The number of rotatable bonds is 10. The van der Waals surface area contributed by atoms with Gasteiger partial charge in [0.2, 0.25) is 0 Å². The van der Waals surface area contributed by atoms with E-state index in [-0.39, 0.29) is 6.04 Å². The van der Waals surface area contributed by atoms with Crippen LogP contribution in [0, 0.1) is 5.92 Å². The van der Waals surface area contributed by atoms with Crippen molar-refractivity contribution >= 4 is 40.4 Å². The van der Waals surface area contributed by atoms with Crippen LogP contribution in [0.5, 0.6) is 0 Å². The van der Waals surface area contributed by atoms with Crippen molar-refractivity contribution in [2.75, 3.05) is 0 Å². The highest BCUT2D eigenvalue weighted by atomic mass is 15.0. The van der Waals surface area contributed by atoms with E-state index < -0.39 is 0 Å². The summed E-state index contributed by atoms with van der Waals surface area (Å²) >= 11 is 0. The Kier molecular flexibility index (Phi) is 10.9. The minimum absolute atomic E-state index is 0.0305. The Hall–Kier alpha value is -6.32. The van der Waals surface area contributed by atoms with Gasteiger partial charge in [-0.05, 0) is 132 Å². The molecule has 0 radical (unpaired) electrons. The Bertz CT molecular complexity index is 2540. The van der Waals surface area contributed by atoms with Gasteiger partial charge < -0.3 is 5.32 Å². The first-order valence-corrected chi connectivity index (χ1v) is 21.1. The Morgan fingerprint density at radius 2 is 1.45 bits per heavy atom. The zero-order valence-electron chi connectivity index (χ0n) is 33.3. The van der Waals surface area contributed by atoms with Crippen molar-refractivity contribution in [2.45, 2.75) is 63.8 Å². The van der Waals surface area contributed by atoms with Crippen molar-refractivity contribution in [3.05, 3.63) is 209 Å². The van der Waals surface area contributed by atoms with Crippen molar-refractivity contribution in [1.82, 2.24) is 10.3 Å². The van der Waals surface area contributed by atoms with Crippen LogP contribution in [0.4, 0.5) is 0 Å². The van der Waals surface area contributed by atoms with Crippen LogP contribution in [0.3, 0.4) is 0 Å². The Morgan fingerprint density at radius 3 is 2.19 bits per heavy atom. The lowest BCUT2D eigenvalue weighted by molar-refractivity contribution is 0.540. The number of hydrogen-bond donors (Lipinski definition) is 1. The summed E-state index contributed by atoms with van der Waals surface area (Å²) in [6, 6.07) is 26.7. The van der Waals surface area contributed by atoms with Gasteiger partial charge in [0.25, 0.3) is 0 Å². The molecule has 5 aliphatic rings. The molecule has 3 nitrogen and oxygen atoms in total. The summed E-state index contributed by atoms with van der Waals surface area (Å²) in [5.74, 6) is 1.51. The number of nitrogens with zero attached hydrogens (tertiary/aromatic N) is 2. The Morgan fingerprint density at radius 1 is 0.655 bits per heavy atom. The molecule has 0 bridgehead atoms. The zero-order chi connectivity index (χ0) is 39.3. The minimum atomic E-state index is -0.0305. The van der Waals surface area contributed by atoms with Gasteiger partial charge in [-0.2, -0.15) is 0 Å². The number of nitrogens with one attached hydrogen (secondary N) is 1. The zero-order valence-corrected chi connectivity index (χ0v) is 33.3. The van der Waals surface area contributed by atoms with Crippen LogP contribution in [0.2, 0.25) is 0 Å². The van der Waals surface area contributed by atoms with E-state index >= 15 is 0 Å². The average molecular weight is 754 g/mol. The summed E-state index contributed by atoms with van der Waals surface area (Å²) in [6.45, 7) is 8.12. The van der Waals surface area contributed by atoms with E-state index in [9.17, 15) is 0 Å². The lowest BCUT2D eigenvalue weighted by Crippen LogP contribution is -2.32. The summed E-state index contributed by atoms with van der Waals surface area (Å²) in [5.41, 5.74) is 18.4. The highest BCUT2D eigenvalue weighted by Crippen LogP contribution is 2.41. The number of amidine groups is 1. The number of pyridine rings is 1. The normalized spacial score (nSPS) is 20.3. The fraction of sp³-hybridized carbons (Fsp3) is 0.200. The van der Waals surface area contributed by atoms with Crippen LogP contribution < -0.4 is 5.32 Å². The molecule has 9 rings (SSSR count). The van der Waals surface area contributed by atoms with Crippen LogP contribution in [-0.2, 0) is 0 Å². The molecule has 0 saturated heterocycles. The summed E-state index contributed by atoms with van der Waals surface area (Å²) in [7, 11) is 0. The highest BCUT2D eigenvalue weighted by Gasteiger charge is 2.26. The van der Waals surface area contributed by atoms with E-state index in [0.29, 0.717) is 5.92 Å². The third-order valence-electron chi connectivity index (χ3n) is 12.3. The third kappa shape index (κ3) is 7.82. The van der Waals surface area contributed by atoms with Crippen LogP contribution in [0.25, 0.3) is 45.7 Å². The minimum Gasteiger partial charge on any atom is -0.359 e. The average Bonchev–Trinajstić information content (AvgIpc) is 3.32. The first-order valence-electron chi connectivity index (χ1n) is 21.1. The summed E-state index contributed by atoms with van der Waals surface area (Å²) < 4.78 is 0. The van der Waals surface area contributed by atoms with E-state index in [1.54, 1.807) is 5.57 Å². The molecule has 0 saturated carbocycles. The van der Waals surface area contributed by atoms with E-state index in [1.165, 1.54) is 51.0 Å². The molecule has 0 fully saturated rings. The van der Waals surface area contributed by atoms with Gasteiger partial charge in [0.1, 0.15) is 5.84 Å². The summed E-state index contributed by atoms with van der Waals surface area (Å²) in [5, 5.41) is 3.87. The predicted octanol–water partition coefficient (Wildman–Crippen LogP) is 14.1. The molecule has 2 heterocycles. The molecule has 3 heteroatoms. The molecular weight excluding hydrogens is 703 g/mol. The quantitative estimate of drug-likeness (QED) is 0.175. The predicted molar refractivity (Wildman–Crippen MR) is 247 cm³/mol. The molecule has 1 aliphatic heterocycles. The van der Waals surface area contributed by atoms with E-state index in [1.807, 2.05) is 24.5 Å². The van der Waals surface area contributed by atoms with Crippen molar-refractivity contribution in [2.24, 2.45) is 10.9 Å².